The zero-order chi connectivity index (χ0) is 21.7. The number of carbonyl (C=O) groups excluding carboxylic acids is 2. The number of nitrogens with zero attached hydrogens (tertiary/aromatic N) is 1. The number of piperazine rings is 1. The predicted octanol–water partition coefficient (Wildman–Crippen LogP) is 0.109. The minimum absolute atomic E-state index is 0.0364. The summed E-state index contributed by atoms with van der Waals surface area (Å²) < 4.78 is 27.3. The van der Waals surface area contributed by atoms with Gasteiger partial charge in [0.15, 0.2) is 6.54 Å². The van der Waals surface area contributed by atoms with Crippen molar-refractivity contribution in [1.29, 1.82) is 0 Å². The van der Waals surface area contributed by atoms with Gasteiger partial charge in [-0.3, -0.25) is 10.1 Å². The molecule has 0 spiro atoms. The Morgan fingerprint density at radius 3 is 2.21 bits per heavy atom. The lowest BCUT2D eigenvalue weighted by molar-refractivity contribution is -0.895. The van der Waals surface area contributed by atoms with Crippen LogP contribution < -0.4 is 15.5 Å². The van der Waals surface area contributed by atoms with Crippen molar-refractivity contribution in [2.24, 2.45) is 0 Å². The van der Waals surface area contributed by atoms with E-state index < -0.39 is 16.1 Å². The van der Waals surface area contributed by atoms with Crippen LogP contribution in [0, 0.1) is 0 Å². The first-order valence-electron chi connectivity index (χ1n) is 10.1. The van der Waals surface area contributed by atoms with Gasteiger partial charge in [0.25, 0.3) is 5.91 Å². The van der Waals surface area contributed by atoms with E-state index in [1.807, 2.05) is 19.1 Å². The van der Waals surface area contributed by atoms with E-state index in [1.54, 1.807) is 12.1 Å². The number of urea groups is 1. The van der Waals surface area contributed by atoms with Gasteiger partial charge in [0.05, 0.1) is 31.1 Å². The average Bonchev–Trinajstić information content (AvgIpc) is 2.66. The number of rotatable bonds is 6. The predicted molar refractivity (Wildman–Crippen MR) is 111 cm³/mol. The number of benzene rings is 1. The number of quaternary nitrogens is 1. The zero-order valence-electron chi connectivity index (χ0n) is 17.7. The van der Waals surface area contributed by atoms with Crippen LogP contribution in [0.25, 0.3) is 0 Å². The first-order valence-corrected chi connectivity index (χ1v) is 11.5. The van der Waals surface area contributed by atoms with Crippen LogP contribution in [0.1, 0.15) is 39.7 Å². The van der Waals surface area contributed by atoms with Crippen molar-refractivity contribution in [3.63, 3.8) is 0 Å². The van der Waals surface area contributed by atoms with Crippen molar-refractivity contribution in [2.45, 2.75) is 44.4 Å². The summed E-state index contributed by atoms with van der Waals surface area (Å²) in [7, 11) is -3.55. The highest BCUT2D eigenvalue weighted by molar-refractivity contribution is 7.89. The molecule has 1 aliphatic rings. The molecule has 0 aliphatic carbocycles. The van der Waals surface area contributed by atoms with Gasteiger partial charge in [-0.2, -0.15) is 4.31 Å². The van der Waals surface area contributed by atoms with E-state index >= 15 is 0 Å². The summed E-state index contributed by atoms with van der Waals surface area (Å²) in [6.07, 6.45) is 0.794. The molecule has 9 heteroatoms. The van der Waals surface area contributed by atoms with E-state index in [-0.39, 0.29) is 17.9 Å². The highest BCUT2D eigenvalue weighted by Gasteiger charge is 2.31. The molecule has 1 heterocycles. The second-order valence-electron chi connectivity index (χ2n) is 8.41. The Bertz CT molecular complexity index is 808. The molecule has 0 saturated carbocycles. The number of amides is 3. The SMILES string of the molecule is CCCNC(=O)NC(=O)C[NH+]1CCN(S(=O)(=O)c2ccc(C(C)(C)C)cc2)CC1. The fourth-order valence-corrected chi connectivity index (χ4v) is 4.62. The van der Waals surface area contributed by atoms with Gasteiger partial charge in [-0.1, -0.05) is 39.8 Å². The van der Waals surface area contributed by atoms with Crippen molar-refractivity contribution < 1.29 is 22.9 Å². The van der Waals surface area contributed by atoms with Gasteiger partial charge >= 0.3 is 6.03 Å². The summed E-state index contributed by atoms with van der Waals surface area (Å²) in [6, 6.07) is 6.57. The standard InChI is InChI=1S/C20H32N4O4S/c1-5-10-21-19(26)22-18(25)15-23-11-13-24(14-12-23)29(27,28)17-8-6-16(7-9-17)20(2,3)4/h6-9H,5,10-15H2,1-4H3,(H2,21,22,25,26)/p+1. The number of hydrogen-bond acceptors (Lipinski definition) is 4. The van der Waals surface area contributed by atoms with Gasteiger partial charge in [0.2, 0.25) is 10.0 Å². The van der Waals surface area contributed by atoms with Crippen molar-refractivity contribution in [2.75, 3.05) is 39.3 Å². The summed E-state index contributed by atoms with van der Waals surface area (Å²) in [4.78, 5) is 24.8. The van der Waals surface area contributed by atoms with E-state index in [0.717, 1.165) is 16.9 Å². The van der Waals surface area contributed by atoms with Gasteiger partial charge in [-0.15, -0.1) is 0 Å². The zero-order valence-corrected chi connectivity index (χ0v) is 18.6. The third-order valence-electron chi connectivity index (χ3n) is 4.99. The van der Waals surface area contributed by atoms with Crippen LogP contribution in [0.2, 0.25) is 0 Å². The lowest BCUT2D eigenvalue weighted by Gasteiger charge is -2.31. The minimum Gasteiger partial charge on any atom is -0.338 e. The third kappa shape index (κ3) is 6.52. The average molecular weight is 426 g/mol. The second kappa shape index (κ2) is 9.69. The number of hydrogen-bond donors (Lipinski definition) is 3. The highest BCUT2D eigenvalue weighted by atomic mass is 32.2. The van der Waals surface area contributed by atoms with E-state index in [1.165, 1.54) is 4.31 Å². The Labute approximate surface area is 173 Å². The summed E-state index contributed by atoms with van der Waals surface area (Å²) in [5.74, 6) is -0.359. The van der Waals surface area contributed by atoms with Gasteiger partial charge < -0.3 is 10.2 Å². The summed E-state index contributed by atoms with van der Waals surface area (Å²) in [6.45, 7) is 10.6. The maximum atomic E-state index is 12.9. The molecule has 1 aliphatic heterocycles. The van der Waals surface area contributed by atoms with Crippen LogP contribution >= 0.6 is 0 Å². The Morgan fingerprint density at radius 2 is 1.69 bits per heavy atom. The van der Waals surface area contributed by atoms with Gasteiger partial charge in [0.1, 0.15) is 0 Å². The molecule has 1 aromatic rings. The molecule has 0 radical (unpaired) electrons. The van der Waals surface area contributed by atoms with Crippen LogP contribution in [-0.2, 0) is 20.2 Å². The molecule has 2 rings (SSSR count). The van der Waals surface area contributed by atoms with Crippen molar-refractivity contribution in [3.8, 4) is 0 Å². The maximum Gasteiger partial charge on any atom is 0.321 e. The number of nitrogens with one attached hydrogen (secondary N) is 3. The molecule has 3 N–H and O–H groups in total. The van der Waals surface area contributed by atoms with E-state index in [4.69, 9.17) is 0 Å². The third-order valence-corrected chi connectivity index (χ3v) is 6.90. The van der Waals surface area contributed by atoms with E-state index in [9.17, 15) is 18.0 Å². The second-order valence-corrected chi connectivity index (χ2v) is 10.3. The lowest BCUT2D eigenvalue weighted by Crippen LogP contribution is -3.15. The van der Waals surface area contributed by atoms with Gasteiger partial charge in [-0.25, -0.2) is 13.2 Å². The first kappa shape index (κ1) is 23.3. The highest BCUT2D eigenvalue weighted by Crippen LogP contribution is 2.24. The van der Waals surface area contributed by atoms with Crippen molar-refractivity contribution in [3.05, 3.63) is 29.8 Å². The fourth-order valence-electron chi connectivity index (χ4n) is 3.18. The number of imide groups is 1. The number of sulfonamides is 1. The van der Waals surface area contributed by atoms with Crippen molar-refractivity contribution in [1.82, 2.24) is 14.9 Å². The van der Waals surface area contributed by atoms with Crippen LogP contribution in [0.3, 0.4) is 0 Å². The largest absolute Gasteiger partial charge is 0.338 e. The molecule has 8 nitrogen and oxygen atoms in total. The topological polar surface area (TPSA) is 100 Å². The van der Waals surface area contributed by atoms with Crippen LogP contribution in [0.4, 0.5) is 4.79 Å². The van der Waals surface area contributed by atoms with Crippen molar-refractivity contribution >= 4 is 22.0 Å². The van der Waals surface area contributed by atoms with Gasteiger partial charge in [-0.05, 0) is 29.5 Å². The molecule has 1 saturated heterocycles. The first-order chi connectivity index (χ1) is 13.5. The molecule has 3 amide bonds. The molecule has 162 valence electrons. The Morgan fingerprint density at radius 1 is 1.10 bits per heavy atom. The Kier molecular flexibility index (Phi) is 7.79. The maximum absolute atomic E-state index is 12.9. The smallest absolute Gasteiger partial charge is 0.321 e. The molecule has 1 fully saturated rings. The molecule has 0 bridgehead atoms. The molecular formula is C20H33N4O4S+. The minimum atomic E-state index is -3.55. The number of carbonyl (C=O) groups is 2. The Hall–Kier alpha value is -1.97. The molecule has 0 unspecified atom stereocenters. The summed E-state index contributed by atoms with van der Waals surface area (Å²) in [5.41, 5.74) is 1.05. The Balaban J connectivity index is 1.89. The van der Waals surface area contributed by atoms with E-state index in [0.29, 0.717) is 37.6 Å². The molecule has 29 heavy (non-hydrogen) atoms. The molecule has 0 aromatic heterocycles. The lowest BCUT2D eigenvalue weighted by atomic mass is 9.87. The molecule has 1 aromatic carbocycles. The fraction of sp³-hybridized carbons (Fsp3) is 0.600. The monoisotopic (exact) mass is 425 g/mol. The molecule has 0 atom stereocenters. The van der Waals surface area contributed by atoms with Crippen LogP contribution in [-0.4, -0.2) is 63.9 Å². The molecular weight excluding hydrogens is 392 g/mol. The van der Waals surface area contributed by atoms with Crippen LogP contribution in [0.15, 0.2) is 29.2 Å². The van der Waals surface area contributed by atoms with E-state index in [2.05, 4.69) is 31.4 Å². The normalized spacial score (nSPS) is 16.4. The summed E-state index contributed by atoms with van der Waals surface area (Å²) >= 11 is 0. The summed E-state index contributed by atoms with van der Waals surface area (Å²) in [5, 5.41) is 4.90. The van der Waals surface area contributed by atoms with Gasteiger partial charge in [0, 0.05) is 6.54 Å². The quantitative estimate of drug-likeness (QED) is 0.602. The van der Waals surface area contributed by atoms with Crippen LogP contribution in [0.5, 0.6) is 0 Å².